The van der Waals surface area contributed by atoms with Gasteiger partial charge in [0.2, 0.25) is 5.70 Å². The molecule has 0 saturated carbocycles. The number of allylic oxidation sites excluding steroid dienone is 1. The van der Waals surface area contributed by atoms with E-state index in [0.29, 0.717) is 10.6 Å². The van der Waals surface area contributed by atoms with E-state index in [1.165, 1.54) is 25.1 Å². The van der Waals surface area contributed by atoms with Crippen LogP contribution in [0.2, 0.25) is 15.1 Å². The van der Waals surface area contributed by atoms with Crippen LogP contribution in [0.25, 0.3) is 6.08 Å². The van der Waals surface area contributed by atoms with Gasteiger partial charge in [0.25, 0.3) is 0 Å². The van der Waals surface area contributed by atoms with Gasteiger partial charge >= 0.3 is 0 Å². The first-order chi connectivity index (χ1) is 6.91. The maximum atomic E-state index is 10.4. The normalized spacial score (nSPS) is 11.6. The second-order valence-electron chi connectivity index (χ2n) is 2.83. The summed E-state index contributed by atoms with van der Waals surface area (Å²) in [6.45, 7) is 1.36. The van der Waals surface area contributed by atoms with Gasteiger partial charge in [-0.1, -0.05) is 34.8 Å². The lowest BCUT2D eigenvalue weighted by atomic mass is 10.2. The molecule has 0 atom stereocenters. The zero-order chi connectivity index (χ0) is 11.6. The molecule has 80 valence electrons. The van der Waals surface area contributed by atoms with Gasteiger partial charge in [-0.05, 0) is 12.1 Å². The Morgan fingerprint density at radius 1 is 1.33 bits per heavy atom. The molecule has 0 radical (unpaired) electrons. The Kier molecular flexibility index (Phi) is 3.97. The maximum absolute atomic E-state index is 10.4. The van der Waals surface area contributed by atoms with Gasteiger partial charge in [0.1, 0.15) is 0 Å². The summed E-state index contributed by atoms with van der Waals surface area (Å²) in [6, 6.07) is 2.96. The van der Waals surface area contributed by atoms with Gasteiger partial charge in [0, 0.05) is 23.6 Å². The summed E-state index contributed by atoms with van der Waals surface area (Å²) in [5, 5.41) is 11.4. The SMILES string of the molecule is C/C(=C\c1c(Cl)cc(Cl)cc1Cl)[N+](=O)[O-]. The van der Waals surface area contributed by atoms with E-state index in [1.54, 1.807) is 0 Å². The second kappa shape index (κ2) is 4.84. The number of hydrogen-bond donors (Lipinski definition) is 0. The van der Waals surface area contributed by atoms with E-state index in [0.717, 1.165) is 0 Å². The molecule has 0 amide bonds. The lowest BCUT2D eigenvalue weighted by molar-refractivity contribution is -0.422. The molecule has 0 heterocycles. The molecule has 0 bridgehead atoms. The molecule has 0 saturated heterocycles. The van der Waals surface area contributed by atoms with E-state index in [4.69, 9.17) is 34.8 Å². The van der Waals surface area contributed by atoms with Crippen LogP contribution in [0.3, 0.4) is 0 Å². The van der Waals surface area contributed by atoms with Crippen molar-refractivity contribution in [2.45, 2.75) is 6.92 Å². The Morgan fingerprint density at radius 2 is 1.80 bits per heavy atom. The average molecular weight is 267 g/mol. The molecule has 0 unspecified atom stereocenters. The van der Waals surface area contributed by atoms with Crippen molar-refractivity contribution in [2.75, 3.05) is 0 Å². The minimum atomic E-state index is -0.513. The van der Waals surface area contributed by atoms with Crippen LogP contribution < -0.4 is 0 Å². The van der Waals surface area contributed by atoms with Crippen molar-refractivity contribution in [1.82, 2.24) is 0 Å². The molecule has 0 spiro atoms. The van der Waals surface area contributed by atoms with Crippen molar-refractivity contribution in [3.8, 4) is 0 Å². The van der Waals surface area contributed by atoms with Crippen LogP contribution in [0.5, 0.6) is 0 Å². The Hall–Kier alpha value is -0.770. The average Bonchev–Trinajstić information content (AvgIpc) is 2.10. The fraction of sp³-hybridized carbons (Fsp3) is 0.111. The molecule has 1 aromatic rings. The first kappa shape index (κ1) is 12.3. The highest BCUT2D eigenvalue weighted by Gasteiger charge is 2.09. The van der Waals surface area contributed by atoms with E-state index in [2.05, 4.69) is 0 Å². The van der Waals surface area contributed by atoms with Crippen molar-refractivity contribution < 1.29 is 4.92 Å². The molecule has 6 heteroatoms. The molecule has 0 aliphatic rings. The number of halogens is 3. The van der Waals surface area contributed by atoms with Crippen LogP contribution in [0.4, 0.5) is 0 Å². The van der Waals surface area contributed by atoms with E-state index in [9.17, 15) is 10.1 Å². The van der Waals surface area contributed by atoms with Crippen molar-refractivity contribution in [3.05, 3.63) is 48.6 Å². The minimum absolute atomic E-state index is 0.0406. The Labute approximate surface area is 101 Å². The first-order valence-corrected chi connectivity index (χ1v) is 5.02. The quantitative estimate of drug-likeness (QED) is 0.592. The molecule has 1 aromatic carbocycles. The van der Waals surface area contributed by atoms with Crippen LogP contribution in [-0.2, 0) is 0 Å². The topological polar surface area (TPSA) is 43.1 Å². The van der Waals surface area contributed by atoms with Gasteiger partial charge in [-0.15, -0.1) is 0 Å². The summed E-state index contributed by atoms with van der Waals surface area (Å²) in [5.41, 5.74) is 0.359. The number of nitro groups is 1. The summed E-state index contributed by atoms with van der Waals surface area (Å²) in [6.07, 6.45) is 1.31. The molecule has 0 aliphatic heterocycles. The predicted octanol–water partition coefficient (Wildman–Crippen LogP) is 4.28. The molecule has 1 rings (SSSR count). The standard InChI is InChI=1S/C9H6Cl3NO2/c1-5(13(14)15)2-7-8(11)3-6(10)4-9(7)12/h2-4H,1H3/b5-2+. The summed E-state index contributed by atoms with van der Waals surface area (Å²) in [4.78, 5) is 9.91. The van der Waals surface area contributed by atoms with Gasteiger partial charge in [-0.3, -0.25) is 10.1 Å². The molecule has 0 aromatic heterocycles. The van der Waals surface area contributed by atoms with Crippen molar-refractivity contribution in [1.29, 1.82) is 0 Å². The monoisotopic (exact) mass is 265 g/mol. The van der Waals surface area contributed by atoms with E-state index < -0.39 is 4.92 Å². The van der Waals surface area contributed by atoms with E-state index in [1.807, 2.05) is 0 Å². The number of rotatable bonds is 2. The second-order valence-corrected chi connectivity index (χ2v) is 4.08. The van der Waals surface area contributed by atoms with Crippen LogP contribution in [0, 0.1) is 10.1 Å². The largest absolute Gasteiger partial charge is 0.259 e. The first-order valence-electron chi connectivity index (χ1n) is 3.89. The zero-order valence-electron chi connectivity index (χ0n) is 7.63. The summed E-state index contributed by atoms with van der Waals surface area (Å²) >= 11 is 17.4. The van der Waals surface area contributed by atoms with Crippen LogP contribution in [0.15, 0.2) is 17.8 Å². The van der Waals surface area contributed by atoms with Crippen molar-refractivity contribution in [3.63, 3.8) is 0 Å². The summed E-state index contributed by atoms with van der Waals surface area (Å²) in [7, 11) is 0. The third kappa shape index (κ3) is 3.09. The Balaban J connectivity index is 3.27. The zero-order valence-corrected chi connectivity index (χ0v) is 9.90. The fourth-order valence-corrected chi connectivity index (χ4v) is 1.88. The summed E-state index contributed by atoms with van der Waals surface area (Å²) < 4.78 is 0. The lowest BCUT2D eigenvalue weighted by Gasteiger charge is -2.02. The summed E-state index contributed by atoms with van der Waals surface area (Å²) in [5.74, 6) is 0. The van der Waals surface area contributed by atoms with Crippen LogP contribution in [0.1, 0.15) is 12.5 Å². The molecule has 0 N–H and O–H groups in total. The van der Waals surface area contributed by atoms with E-state index in [-0.39, 0.29) is 15.7 Å². The van der Waals surface area contributed by atoms with Gasteiger partial charge in [0.05, 0.1) is 15.0 Å². The minimum Gasteiger partial charge on any atom is -0.259 e. The van der Waals surface area contributed by atoms with Crippen LogP contribution >= 0.6 is 34.8 Å². The highest BCUT2D eigenvalue weighted by Crippen LogP contribution is 2.30. The molecule has 0 aliphatic carbocycles. The van der Waals surface area contributed by atoms with Crippen molar-refractivity contribution >= 4 is 40.9 Å². The maximum Gasteiger partial charge on any atom is 0.243 e. The van der Waals surface area contributed by atoms with Crippen LogP contribution in [-0.4, -0.2) is 4.92 Å². The Morgan fingerprint density at radius 3 is 2.20 bits per heavy atom. The molecule has 0 fully saturated rings. The lowest BCUT2D eigenvalue weighted by Crippen LogP contribution is -1.93. The van der Waals surface area contributed by atoms with E-state index >= 15 is 0 Å². The third-order valence-electron chi connectivity index (χ3n) is 1.69. The number of hydrogen-bond acceptors (Lipinski definition) is 2. The van der Waals surface area contributed by atoms with Gasteiger partial charge in [-0.2, -0.15) is 0 Å². The highest BCUT2D eigenvalue weighted by molar-refractivity contribution is 6.40. The smallest absolute Gasteiger partial charge is 0.243 e. The van der Waals surface area contributed by atoms with Gasteiger partial charge in [-0.25, -0.2) is 0 Å². The number of nitrogens with zero attached hydrogens (tertiary/aromatic N) is 1. The molecule has 15 heavy (non-hydrogen) atoms. The third-order valence-corrected chi connectivity index (χ3v) is 2.53. The fourth-order valence-electron chi connectivity index (χ4n) is 0.953. The molecular formula is C9H6Cl3NO2. The predicted molar refractivity (Wildman–Crippen MR) is 62.1 cm³/mol. The Bertz CT molecular complexity index is 420. The molecular weight excluding hydrogens is 260 g/mol. The van der Waals surface area contributed by atoms with Crippen molar-refractivity contribution in [2.24, 2.45) is 0 Å². The molecule has 3 nitrogen and oxygen atoms in total. The number of benzene rings is 1. The van der Waals surface area contributed by atoms with Gasteiger partial charge in [0.15, 0.2) is 0 Å². The highest BCUT2D eigenvalue weighted by atomic mass is 35.5. The van der Waals surface area contributed by atoms with Gasteiger partial charge < -0.3 is 0 Å².